The Morgan fingerprint density at radius 3 is 2.72 bits per heavy atom. The fraction of sp³-hybridized carbons (Fsp3) is 0.526. The number of nitrogens with zero attached hydrogens (tertiary/aromatic N) is 3. The van der Waals surface area contributed by atoms with E-state index in [1.807, 2.05) is 36.0 Å². The normalized spacial score (nSPS) is 18.2. The third-order valence-corrected chi connectivity index (χ3v) is 4.38. The van der Waals surface area contributed by atoms with Crippen LogP contribution in [0.3, 0.4) is 0 Å². The smallest absolute Gasteiger partial charge is 0.0869 e. The third-order valence-electron chi connectivity index (χ3n) is 4.38. The molecule has 0 saturated carbocycles. The van der Waals surface area contributed by atoms with Gasteiger partial charge in [-0.3, -0.25) is 9.58 Å². The molecule has 1 aromatic carbocycles. The number of benzene rings is 1. The molecule has 0 spiro atoms. The van der Waals surface area contributed by atoms with Gasteiger partial charge >= 0.3 is 0 Å². The maximum atomic E-state index is 10.6. The Labute approximate surface area is 149 Å². The summed E-state index contributed by atoms with van der Waals surface area (Å²) in [5.74, 6) is 0. The SMILES string of the molecule is CC(O)(CNCc1cnn(Cc2ccccc2)c1)CN1CCOCC1. The van der Waals surface area contributed by atoms with Gasteiger partial charge in [0.2, 0.25) is 0 Å². The van der Waals surface area contributed by atoms with Gasteiger partial charge in [-0.2, -0.15) is 5.10 Å². The Morgan fingerprint density at radius 2 is 1.96 bits per heavy atom. The summed E-state index contributed by atoms with van der Waals surface area (Å²) in [5.41, 5.74) is 1.61. The van der Waals surface area contributed by atoms with Crippen LogP contribution in [-0.4, -0.2) is 64.8 Å². The van der Waals surface area contributed by atoms with Gasteiger partial charge < -0.3 is 15.2 Å². The highest BCUT2D eigenvalue weighted by Crippen LogP contribution is 2.09. The van der Waals surface area contributed by atoms with Crippen molar-refractivity contribution in [2.45, 2.75) is 25.6 Å². The number of β-amino-alcohol motifs (C(OH)–C–C–N with tert-alkyl or cyclic N) is 1. The number of morpholine rings is 1. The minimum Gasteiger partial charge on any atom is -0.388 e. The van der Waals surface area contributed by atoms with Crippen LogP contribution in [0.25, 0.3) is 0 Å². The second-order valence-electron chi connectivity index (χ2n) is 7.02. The molecule has 0 bridgehead atoms. The first-order valence-corrected chi connectivity index (χ1v) is 8.89. The van der Waals surface area contributed by atoms with E-state index in [0.717, 1.165) is 38.4 Å². The molecule has 3 rings (SSSR count). The maximum Gasteiger partial charge on any atom is 0.0869 e. The van der Waals surface area contributed by atoms with E-state index in [2.05, 4.69) is 33.6 Å². The summed E-state index contributed by atoms with van der Waals surface area (Å²) in [7, 11) is 0. The summed E-state index contributed by atoms with van der Waals surface area (Å²) in [5, 5.41) is 18.3. The predicted octanol–water partition coefficient (Wildman–Crippen LogP) is 1.10. The molecule has 6 heteroatoms. The zero-order valence-corrected chi connectivity index (χ0v) is 14.9. The average Bonchev–Trinajstić information content (AvgIpc) is 3.03. The van der Waals surface area contributed by atoms with E-state index in [-0.39, 0.29) is 0 Å². The van der Waals surface area contributed by atoms with E-state index in [0.29, 0.717) is 19.6 Å². The van der Waals surface area contributed by atoms with Crippen LogP contribution in [-0.2, 0) is 17.8 Å². The molecule has 25 heavy (non-hydrogen) atoms. The van der Waals surface area contributed by atoms with Crippen LogP contribution in [0.1, 0.15) is 18.1 Å². The van der Waals surface area contributed by atoms with E-state index in [1.165, 1.54) is 5.56 Å². The van der Waals surface area contributed by atoms with Crippen LogP contribution < -0.4 is 5.32 Å². The van der Waals surface area contributed by atoms with E-state index in [4.69, 9.17) is 4.74 Å². The first kappa shape index (κ1) is 18.1. The molecule has 0 aliphatic carbocycles. The summed E-state index contributed by atoms with van der Waals surface area (Å²) in [4.78, 5) is 2.25. The van der Waals surface area contributed by atoms with Crippen molar-refractivity contribution in [3.8, 4) is 0 Å². The second kappa shape index (κ2) is 8.58. The van der Waals surface area contributed by atoms with E-state index < -0.39 is 5.60 Å². The summed E-state index contributed by atoms with van der Waals surface area (Å²) in [6.45, 7) is 7.86. The number of aromatic nitrogens is 2. The lowest BCUT2D eigenvalue weighted by atomic mass is 10.1. The lowest BCUT2D eigenvalue weighted by Gasteiger charge is -2.33. The van der Waals surface area contributed by atoms with Crippen LogP contribution in [0.15, 0.2) is 42.7 Å². The van der Waals surface area contributed by atoms with Crippen LogP contribution in [0.2, 0.25) is 0 Å². The molecule has 2 aromatic rings. The molecule has 1 aliphatic rings. The van der Waals surface area contributed by atoms with E-state index in [1.54, 1.807) is 0 Å². The van der Waals surface area contributed by atoms with Gasteiger partial charge in [0.1, 0.15) is 0 Å². The molecule has 1 aliphatic heterocycles. The number of nitrogens with one attached hydrogen (secondary N) is 1. The predicted molar refractivity (Wildman–Crippen MR) is 97.4 cm³/mol. The minimum atomic E-state index is -0.753. The Bertz CT molecular complexity index is 636. The average molecular weight is 344 g/mol. The Balaban J connectivity index is 1.42. The first-order chi connectivity index (χ1) is 12.1. The summed E-state index contributed by atoms with van der Waals surface area (Å²) in [6, 6.07) is 10.3. The second-order valence-corrected chi connectivity index (χ2v) is 7.02. The van der Waals surface area contributed by atoms with Crippen LogP contribution in [0, 0.1) is 0 Å². The highest BCUT2D eigenvalue weighted by molar-refractivity contribution is 5.15. The van der Waals surface area contributed by atoms with E-state index >= 15 is 0 Å². The standard InChI is InChI=1S/C19H28N4O2/c1-19(24,16-22-7-9-25-10-8-22)15-20-11-18-12-21-23(14-18)13-17-5-3-2-4-6-17/h2-6,12,14,20,24H,7-11,13,15-16H2,1H3. The summed E-state index contributed by atoms with van der Waals surface area (Å²) < 4.78 is 7.29. The van der Waals surface area contributed by atoms with E-state index in [9.17, 15) is 5.11 Å². The van der Waals surface area contributed by atoms with Crippen molar-refractivity contribution in [2.75, 3.05) is 39.4 Å². The molecule has 136 valence electrons. The van der Waals surface area contributed by atoms with Gasteiger partial charge in [-0.1, -0.05) is 30.3 Å². The van der Waals surface area contributed by atoms with Crippen molar-refractivity contribution >= 4 is 0 Å². The number of aliphatic hydroxyl groups is 1. The molecule has 1 saturated heterocycles. The number of hydrogen-bond donors (Lipinski definition) is 2. The molecule has 1 fully saturated rings. The van der Waals surface area contributed by atoms with Gasteiger partial charge in [0.05, 0.1) is 31.6 Å². The summed E-state index contributed by atoms with van der Waals surface area (Å²) >= 11 is 0. The Hall–Kier alpha value is -1.73. The Kier molecular flexibility index (Phi) is 6.20. The monoisotopic (exact) mass is 344 g/mol. The van der Waals surface area contributed by atoms with Crippen molar-refractivity contribution < 1.29 is 9.84 Å². The van der Waals surface area contributed by atoms with Crippen molar-refractivity contribution in [1.29, 1.82) is 0 Å². The molecule has 0 radical (unpaired) electrons. The molecular weight excluding hydrogens is 316 g/mol. The highest BCUT2D eigenvalue weighted by Gasteiger charge is 2.24. The largest absolute Gasteiger partial charge is 0.388 e. The quantitative estimate of drug-likeness (QED) is 0.751. The van der Waals surface area contributed by atoms with Gasteiger partial charge in [0.15, 0.2) is 0 Å². The molecule has 1 aromatic heterocycles. The zero-order chi connectivity index (χ0) is 17.5. The van der Waals surface area contributed by atoms with Crippen LogP contribution in [0.4, 0.5) is 0 Å². The lowest BCUT2D eigenvalue weighted by Crippen LogP contribution is -2.50. The van der Waals surface area contributed by atoms with Crippen molar-refractivity contribution in [3.63, 3.8) is 0 Å². The molecule has 0 amide bonds. The molecule has 6 nitrogen and oxygen atoms in total. The molecule has 1 atom stereocenters. The number of ether oxygens (including phenoxy) is 1. The van der Waals surface area contributed by atoms with Crippen molar-refractivity contribution in [1.82, 2.24) is 20.0 Å². The highest BCUT2D eigenvalue weighted by atomic mass is 16.5. The fourth-order valence-electron chi connectivity index (χ4n) is 3.13. The molecule has 1 unspecified atom stereocenters. The zero-order valence-electron chi connectivity index (χ0n) is 14.9. The number of rotatable bonds is 8. The Morgan fingerprint density at radius 1 is 1.20 bits per heavy atom. The summed E-state index contributed by atoms with van der Waals surface area (Å²) in [6.07, 6.45) is 3.93. The van der Waals surface area contributed by atoms with Crippen molar-refractivity contribution in [2.24, 2.45) is 0 Å². The maximum absolute atomic E-state index is 10.6. The lowest BCUT2D eigenvalue weighted by molar-refractivity contribution is -0.0219. The van der Waals surface area contributed by atoms with Gasteiger partial charge in [0.25, 0.3) is 0 Å². The first-order valence-electron chi connectivity index (χ1n) is 8.89. The molecule has 2 heterocycles. The fourth-order valence-corrected chi connectivity index (χ4v) is 3.13. The van der Waals surface area contributed by atoms with Gasteiger partial charge in [0, 0.05) is 44.5 Å². The third kappa shape index (κ3) is 5.93. The van der Waals surface area contributed by atoms with Gasteiger partial charge in [-0.15, -0.1) is 0 Å². The van der Waals surface area contributed by atoms with Crippen molar-refractivity contribution in [3.05, 3.63) is 53.9 Å². The van der Waals surface area contributed by atoms with Gasteiger partial charge in [-0.25, -0.2) is 0 Å². The van der Waals surface area contributed by atoms with Crippen LogP contribution in [0.5, 0.6) is 0 Å². The van der Waals surface area contributed by atoms with Crippen LogP contribution >= 0.6 is 0 Å². The number of hydrogen-bond acceptors (Lipinski definition) is 5. The minimum absolute atomic E-state index is 0.550. The van der Waals surface area contributed by atoms with Gasteiger partial charge in [-0.05, 0) is 12.5 Å². The molecule has 2 N–H and O–H groups in total. The molecular formula is C19H28N4O2. The topological polar surface area (TPSA) is 62.5 Å².